The molecule has 8 aliphatic rings. The fourth-order valence-corrected chi connectivity index (χ4v) is 9.14. The summed E-state index contributed by atoms with van der Waals surface area (Å²) in [5, 5.41) is 18.6. The van der Waals surface area contributed by atoms with Gasteiger partial charge in [-0.15, -0.1) is 0 Å². The maximum Gasteiger partial charge on any atom is 0.306 e. The van der Waals surface area contributed by atoms with Crippen molar-refractivity contribution < 1.29 is 34.0 Å². The van der Waals surface area contributed by atoms with Crippen LogP contribution in [-0.2, 0) is 23.7 Å². The summed E-state index contributed by atoms with van der Waals surface area (Å²) in [5.74, 6) is 0.302. The van der Waals surface area contributed by atoms with Crippen molar-refractivity contribution in [2.75, 3.05) is 6.61 Å². The fraction of sp³-hybridized carbons (Fsp3) is 0.964. The highest BCUT2D eigenvalue weighted by molar-refractivity contribution is 5.68. The van der Waals surface area contributed by atoms with Gasteiger partial charge in [-0.3, -0.25) is 4.79 Å². The molecule has 8 rings (SSSR count). The summed E-state index contributed by atoms with van der Waals surface area (Å²) in [6, 6.07) is 0. The number of carbonyl (C=O) groups is 1. The molecule has 7 heteroatoms. The molecule has 6 saturated carbocycles. The second-order valence-corrected chi connectivity index (χ2v) is 14.3. The molecule has 6 unspecified atom stereocenters. The lowest BCUT2D eigenvalue weighted by molar-refractivity contribution is -0.234. The normalized spacial score (nSPS) is 48.4. The van der Waals surface area contributed by atoms with Crippen molar-refractivity contribution in [2.24, 2.45) is 34.5 Å². The van der Waals surface area contributed by atoms with E-state index in [-0.39, 0.29) is 36.3 Å². The topological polar surface area (TPSA) is 94.5 Å². The molecule has 4 bridgehead atoms. The molecule has 0 aromatic rings. The number of aliphatic carboxylic acids is 1. The molecular formula is C28H46O7. The molecule has 200 valence electrons. The van der Waals surface area contributed by atoms with Gasteiger partial charge in [-0.1, -0.05) is 27.7 Å². The van der Waals surface area contributed by atoms with Crippen molar-refractivity contribution in [3.63, 3.8) is 0 Å². The second-order valence-electron chi connectivity index (χ2n) is 14.3. The number of carboxylic acid groups (broad SMARTS) is 1. The van der Waals surface area contributed by atoms with E-state index in [1.54, 1.807) is 0 Å². The Morgan fingerprint density at radius 1 is 0.743 bits per heavy atom. The quantitative estimate of drug-likeness (QED) is 0.583. The molecule has 0 radical (unpaired) electrons. The Kier molecular flexibility index (Phi) is 5.67. The first-order valence-electron chi connectivity index (χ1n) is 13.6. The summed E-state index contributed by atoms with van der Waals surface area (Å²) in [6.07, 6.45) is 5.23. The fourth-order valence-electron chi connectivity index (χ4n) is 9.14. The first-order valence-corrected chi connectivity index (χ1v) is 13.6. The number of ether oxygens (including phenoxy) is 4. The zero-order chi connectivity index (χ0) is 25.8. The van der Waals surface area contributed by atoms with Gasteiger partial charge in [0.05, 0.1) is 18.6 Å². The molecule has 35 heavy (non-hydrogen) atoms. The summed E-state index contributed by atoms with van der Waals surface area (Å²) in [7, 11) is 0. The summed E-state index contributed by atoms with van der Waals surface area (Å²) < 4.78 is 24.5. The minimum Gasteiger partial charge on any atom is -0.481 e. The molecule has 0 spiro atoms. The molecule has 8 atom stereocenters. The minimum atomic E-state index is -0.789. The highest BCUT2D eigenvalue weighted by Gasteiger charge is 2.72. The lowest BCUT2D eigenvalue weighted by Crippen LogP contribution is -2.67. The van der Waals surface area contributed by atoms with E-state index in [0.29, 0.717) is 29.6 Å². The Morgan fingerprint density at radius 3 is 1.60 bits per heavy atom. The molecule has 2 heterocycles. The van der Waals surface area contributed by atoms with E-state index in [1.165, 1.54) is 6.42 Å². The maximum absolute atomic E-state index is 11.3. The molecule has 8 fully saturated rings. The minimum absolute atomic E-state index is 0.0552. The van der Waals surface area contributed by atoms with E-state index >= 15 is 0 Å². The van der Waals surface area contributed by atoms with Crippen LogP contribution in [0.25, 0.3) is 0 Å². The molecule has 0 amide bonds. The lowest BCUT2D eigenvalue weighted by atomic mass is 9.43. The predicted molar refractivity (Wildman–Crippen MR) is 129 cm³/mol. The molecule has 6 aliphatic carbocycles. The van der Waals surface area contributed by atoms with E-state index in [2.05, 4.69) is 27.7 Å². The van der Waals surface area contributed by atoms with E-state index in [1.807, 2.05) is 27.7 Å². The largest absolute Gasteiger partial charge is 0.481 e. The van der Waals surface area contributed by atoms with Gasteiger partial charge in [0.15, 0.2) is 11.6 Å². The van der Waals surface area contributed by atoms with E-state index < -0.39 is 23.1 Å². The van der Waals surface area contributed by atoms with Gasteiger partial charge in [0, 0.05) is 13.0 Å². The SMILES string of the molecule is CC1(C)OC2CC3CC(C3(C)C)[C@@]2(CC(=O)O)O1.CC1(C)OC2CC3CC(C3(C)C)[C@@]2(CCO)O1. The first kappa shape index (κ1) is 25.9. The Hall–Kier alpha value is -0.730. The van der Waals surface area contributed by atoms with Gasteiger partial charge in [-0.25, -0.2) is 0 Å². The van der Waals surface area contributed by atoms with Crippen molar-refractivity contribution in [3.8, 4) is 0 Å². The number of aliphatic hydroxyl groups excluding tert-OH is 1. The molecule has 0 aromatic heterocycles. The van der Waals surface area contributed by atoms with Crippen LogP contribution in [0.4, 0.5) is 0 Å². The van der Waals surface area contributed by atoms with Crippen LogP contribution in [0.2, 0.25) is 0 Å². The smallest absolute Gasteiger partial charge is 0.306 e. The third-order valence-electron chi connectivity index (χ3n) is 10.9. The predicted octanol–water partition coefficient (Wildman–Crippen LogP) is 4.74. The Morgan fingerprint density at radius 2 is 1.17 bits per heavy atom. The number of carboxylic acids is 1. The van der Waals surface area contributed by atoms with Gasteiger partial charge in [0.2, 0.25) is 0 Å². The average Bonchev–Trinajstić information content (AvgIpc) is 3.13. The molecule has 2 saturated heterocycles. The number of hydrogen-bond acceptors (Lipinski definition) is 6. The second kappa shape index (κ2) is 7.66. The van der Waals surface area contributed by atoms with Gasteiger partial charge >= 0.3 is 5.97 Å². The highest BCUT2D eigenvalue weighted by Crippen LogP contribution is 2.69. The summed E-state index contributed by atoms with van der Waals surface area (Å²) >= 11 is 0. The third kappa shape index (κ3) is 3.66. The lowest BCUT2D eigenvalue weighted by Gasteiger charge is -2.64. The van der Waals surface area contributed by atoms with Crippen LogP contribution in [0.1, 0.15) is 93.9 Å². The summed E-state index contributed by atoms with van der Waals surface area (Å²) in [4.78, 5) is 11.3. The molecular weight excluding hydrogens is 448 g/mol. The van der Waals surface area contributed by atoms with Crippen LogP contribution in [0, 0.1) is 34.5 Å². The maximum atomic E-state index is 11.3. The van der Waals surface area contributed by atoms with Crippen molar-refractivity contribution in [1.29, 1.82) is 0 Å². The monoisotopic (exact) mass is 494 g/mol. The van der Waals surface area contributed by atoms with Crippen LogP contribution < -0.4 is 0 Å². The van der Waals surface area contributed by atoms with Gasteiger partial charge in [0.1, 0.15) is 11.2 Å². The van der Waals surface area contributed by atoms with Crippen LogP contribution in [0.15, 0.2) is 0 Å². The van der Waals surface area contributed by atoms with Crippen molar-refractivity contribution in [1.82, 2.24) is 0 Å². The van der Waals surface area contributed by atoms with Crippen LogP contribution in [-0.4, -0.2) is 57.8 Å². The number of rotatable bonds is 4. The van der Waals surface area contributed by atoms with Crippen molar-refractivity contribution in [3.05, 3.63) is 0 Å². The average molecular weight is 495 g/mol. The van der Waals surface area contributed by atoms with Crippen molar-refractivity contribution >= 4 is 5.97 Å². The van der Waals surface area contributed by atoms with E-state index in [4.69, 9.17) is 18.9 Å². The third-order valence-corrected chi connectivity index (χ3v) is 10.9. The van der Waals surface area contributed by atoms with Gasteiger partial charge in [-0.05, 0) is 87.9 Å². The standard InChI is InChI=1S/C14H22O4.C14H24O3/c1-12(2)8-5-9(12)14(7-11(15)16)10(6-8)17-13(3,4)18-14;1-12(2)9-7-10(12)14(5-6-15)11(8-9)16-13(3,4)17-14/h8-10H,5-7H2,1-4H3,(H,15,16);9-11,15H,5-8H2,1-4H3/t8?,9?,10?,14-;9?,10?,11?,14-/m11/s1. The van der Waals surface area contributed by atoms with Gasteiger partial charge < -0.3 is 29.2 Å². The Bertz CT molecular complexity index is 879. The van der Waals surface area contributed by atoms with E-state index in [0.717, 1.165) is 25.2 Å². The zero-order valence-corrected chi connectivity index (χ0v) is 22.8. The molecule has 2 aliphatic heterocycles. The van der Waals surface area contributed by atoms with Crippen molar-refractivity contribution in [2.45, 2.75) is 129 Å². The first-order chi connectivity index (χ1) is 16.0. The Labute approximate surface area is 210 Å². The summed E-state index contributed by atoms with van der Waals surface area (Å²) in [5.41, 5.74) is -0.338. The summed E-state index contributed by atoms with van der Waals surface area (Å²) in [6.45, 7) is 17.1. The zero-order valence-electron chi connectivity index (χ0n) is 22.8. The highest BCUT2D eigenvalue weighted by atomic mass is 16.8. The van der Waals surface area contributed by atoms with Crippen LogP contribution in [0.3, 0.4) is 0 Å². The van der Waals surface area contributed by atoms with Gasteiger partial charge in [-0.2, -0.15) is 0 Å². The van der Waals surface area contributed by atoms with E-state index in [9.17, 15) is 15.0 Å². The molecule has 0 aromatic carbocycles. The van der Waals surface area contributed by atoms with Gasteiger partial charge in [0.25, 0.3) is 0 Å². The molecule has 2 N–H and O–H groups in total. The Balaban J connectivity index is 0.000000145. The number of hydrogen-bond donors (Lipinski definition) is 2. The van der Waals surface area contributed by atoms with Crippen LogP contribution in [0.5, 0.6) is 0 Å². The number of aliphatic hydroxyl groups is 1. The van der Waals surface area contributed by atoms with Crippen LogP contribution >= 0.6 is 0 Å². The molecule has 7 nitrogen and oxygen atoms in total.